The number of carbonyl (C=O) groups is 1. The molecule has 0 rings (SSSR count). The van der Waals surface area contributed by atoms with Gasteiger partial charge in [0.25, 0.3) is 0 Å². The van der Waals surface area contributed by atoms with Gasteiger partial charge in [-0.05, 0) is 32.6 Å². The van der Waals surface area contributed by atoms with Crippen molar-refractivity contribution in [3.05, 3.63) is 0 Å². The van der Waals surface area contributed by atoms with E-state index in [1.807, 2.05) is 20.8 Å². The predicted octanol–water partition coefficient (Wildman–Crippen LogP) is 2.95. The van der Waals surface area contributed by atoms with Crippen LogP contribution in [0.3, 0.4) is 0 Å². The van der Waals surface area contributed by atoms with Crippen molar-refractivity contribution in [1.29, 1.82) is 0 Å². The van der Waals surface area contributed by atoms with Gasteiger partial charge in [-0.15, -0.1) is 0 Å². The summed E-state index contributed by atoms with van der Waals surface area (Å²) in [6, 6.07) is 0. The summed E-state index contributed by atoms with van der Waals surface area (Å²) in [4.78, 5) is 11.2. The molecule has 0 aromatic carbocycles. The highest BCUT2D eigenvalue weighted by Gasteiger charge is 2.16. The van der Waals surface area contributed by atoms with Crippen LogP contribution in [0.2, 0.25) is 0 Å². The molecule has 1 N–H and O–H groups in total. The number of hydrogen-bond donors (Lipinski definition) is 1. The van der Waals surface area contributed by atoms with Gasteiger partial charge in [0, 0.05) is 5.54 Å². The van der Waals surface area contributed by atoms with Crippen LogP contribution in [0.4, 0.5) is 4.79 Å². The number of ether oxygens (including phenoxy) is 1. The zero-order valence-electron chi connectivity index (χ0n) is 10.2. The van der Waals surface area contributed by atoms with Gasteiger partial charge in [-0.2, -0.15) is 0 Å². The highest BCUT2D eigenvalue weighted by Crippen LogP contribution is 2.17. The molecule has 0 atom stereocenters. The van der Waals surface area contributed by atoms with E-state index in [0.717, 1.165) is 6.42 Å². The van der Waals surface area contributed by atoms with Gasteiger partial charge in [0.15, 0.2) is 0 Å². The van der Waals surface area contributed by atoms with Crippen molar-refractivity contribution in [1.82, 2.24) is 5.32 Å². The van der Waals surface area contributed by atoms with Crippen molar-refractivity contribution >= 4 is 6.09 Å². The molecule has 14 heavy (non-hydrogen) atoms. The first kappa shape index (κ1) is 13.3. The average molecular weight is 201 g/mol. The summed E-state index contributed by atoms with van der Waals surface area (Å²) < 4.78 is 5.04. The number of hydrogen-bond acceptors (Lipinski definition) is 2. The Morgan fingerprint density at radius 3 is 2.00 bits per heavy atom. The van der Waals surface area contributed by atoms with E-state index < -0.39 is 0 Å². The van der Waals surface area contributed by atoms with E-state index in [-0.39, 0.29) is 17.0 Å². The van der Waals surface area contributed by atoms with Crippen molar-refractivity contribution in [2.45, 2.75) is 53.5 Å². The Morgan fingerprint density at radius 2 is 1.64 bits per heavy atom. The third kappa shape index (κ3) is 9.36. The van der Waals surface area contributed by atoms with Crippen LogP contribution >= 0.6 is 0 Å². The normalized spacial score (nSPS) is 12.4. The van der Waals surface area contributed by atoms with E-state index in [9.17, 15) is 4.79 Å². The first-order chi connectivity index (χ1) is 6.10. The number of rotatable bonds is 2. The van der Waals surface area contributed by atoms with Crippen LogP contribution in [0.5, 0.6) is 0 Å². The lowest BCUT2D eigenvalue weighted by molar-refractivity contribution is 0.124. The molecule has 0 bridgehead atoms. The molecule has 0 saturated heterocycles. The zero-order valence-corrected chi connectivity index (χ0v) is 10.2. The quantitative estimate of drug-likeness (QED) is 0.746. The van der Waals surface area contributed by atoms with E-state index in [0.29, 0.717) is 6.61 Å². The molecule has 0 spiro atoms. The van der Waals surface area contributed by atoms with Crippen LogP contribution in [0.25, 0.3) is 0 Å². The molecule has 0 aliphatic heterocycles. The van der Waals surface area contributed by atoms with Gasteiger partial charge >= 0.3 is 6.09 Å². The second-order valence-corrected chi connectivity index (χ2v) is 5.82. The van der Waals surface area contributed by atoms with Crippen LogP contribution < -0.4 is 5.32 Å². The minimum atomic E-state index is -0.332. The first-order valence-electron chi connectivity index (χ1n) is 5.05. The molecule has 0 aromatic rings. The molecule has 0 aromatic heterocycles. The van der Waals surface area contributed by atoms with Gasteiger partial charge in [-0.25, -0.2) is 4.79 Å². The molecule has 0 heterocycles. The van der Waals surface area contributed by atoms with Gasteiger partial charge < -0.3 is 10.1 Å². The lowest BCUT2D eigenvalue weighted by Crippen LogP contribution is -2.41. The summed E-state index contributed by atoms with van der Waals surface area (Å²) in [6.45, 7) is 12.6. The Bertz CT molecular complexity index is 186. The lowest BCUT2D eigenvalue weighted by Gasteiger charge is -2.21. The third-order valence-electron chi connectivity index (χ3n) is 1.56. The summed E-state index contributed by atoms with van der Waals surface area (Å²) in [6.07, 6.45) is 0.548. The molecule has 0 saturated carbocycles. The molecular weight excluding hydrogens is 178 g/mol. The number of amides is 1. The Kier molecular flexibility index (Phi) is 4.43. The van der Waals surface area contributed by atoms with Crippen LogP contribution in [0.1, 0.15) is 48.0 Å². The zero-order chi connectivity index (χ0) is 11.4. The van der Waals surface area contributed by atoms with Crippen LogP contribution in [-0.2, 0) is 4.74 Å². The molecule has 84 valence electrons. The Hall–Kier alpha value is -0.730. The molecule has 3 heteroatoms. The lowest BCUT2D eigenvalue weighted by atomic mass is 9.93. The van der Waals surface area contributed by atoms with Gasteiger partial charge in [0.1, 0.15) is 0 Å². The van der Waals surface area contributed by atoms with Crippen molar-refractivity contribution in [2.75, 3.05) is 6.61 Å². The topological polar surface area (TPSA) is 38.3 Å². The molecule has 3 nitrogen and oxygen atoms in total. The maximum Gasteiger partial charge on any atom is 0.407 e. The smallest absolute Gasteiger partial charge is 0.407 e. The first-order valence-corrected chi connectivity index (χ1v) is 5.05. The van der Waals surface area contributed by atoms with E-state index in [1.165, 1.54) is 0 Å². The molecule has 0 unspecified atom stereocenters. The highest BCUT2D eigenvalue weighted by molar-refractivity contribution is 5.67. The third-order valence-corrected chi connectivity index (χ3v) is 1.56. The molecular formula is C11H23NO2. The molecule has 0 aliphatic rings. The fourth-order valence-electron chi connectivity index (χ4n) is 0.792. The van der Waals surface area contributed by atoms with Crippen molar-refractivity contribution in [3.8, 4) is 0 Å². The average Bonchev–Trinajstić information content (AvgIpc) is 1.78. The Balaban J connectivity index is 3.66. The second kappa shape index (κ2) is 4.67. The monoisotopic (exact) mass is 201 g/mol. The van der Waals surface area contributed by atoms with Crippen LogP contribution in [-0.4, -0.2) is 18.2 Å². The maximum atomic E-state index is 11.2. The van der Waals surface area contributed by atoms with Crippen molar-refractivity contribution in [2.24, 2.45) is 5.41 Å². The second-order valence-electron chi connectivity index (χ2n) is 5.82. The molecule has 0 fully saturated rings. The summed E-state index contributed by atoms with van der Waals surface area (Å²) in [5.74, 6) is 0. The fraction of sp³-hybridized carbons (Fsp3) is 0.909. The highest BCUT2D eigenvalue weighted by atomic mass is 16.5. The van der Waals surface area contributed by atoms with E-state index >= 15 is 0 Å². The number of alkyl carbamates (subject to hydrolysis) is 1. The van der Waals surface area contributed by atoms with Gasteiger partial charge in [0.2, 0.25) is 0 Å². The van der Waals surface area contributed by atoms with E-state index in [1.54, 1.807) is 0 Å². The van der Waals surface area contributed by atoms with Crippen LogP contribution in [0.15, 0.2) is 0 Å². The van der Waals surface area contributed by atoms with Crippen molar-refractivity contribution < 1.29 is 9.53 Å². The molecule has 0 radical (unpaired) electrons. The van der Waals surface area contributed by atoms with E-state index in [2.05, 4.69) is 26.1 Å². The minimum absolute atomic E-state index is 0.210. The SMILES string of the molecule is CC(C)(C)CCOC(=O)NC(C)(C)C. The van der Waals surface area contributed by atoms with Gasteiger partial charge in [-0.1, -0.05) is 20.8 Å². The number of carbonyl (C=O) groups excluding carboxylic acids is 1. The summed E-state index contributed by atoms with van der Waals surface area (Å²) in [7, 11) is 0. The van der Waals surface area contributed by atoms with E-state index in [4.69, 9.17) is 4.74 Å². The minimum Gasteiger partial charge on any atom is -0.450 e. The predicted molar refractivity (Wildman–Crippen MR) is 58.3 cm³/mol. The molecule has 0 aliphatic carbocycles. The fourth-order valence-corrected chi connectivity index (χ4v) is 0.792. The van der Waals surface area contributed by atoms with Crippen molar-refractivity contribution in [3.63, 3.8) is 0 Å². The Morgan fingerprint density at radius 1 is 1.14 bits per heavy atom. The summed E-state index contributed by atoms with van der Waals surface area (Å²) in [5, 5.41) is 2.74. The molecule has 1 amide bonds. The van der Waals surface area contributed by atoms with Gasteiger partial charge in [0.05, 0.1) is 6.61 Å². The summed E-state index contributed by atoms with van der Waals surface area (Å²) in [5.41, 5.74) is -0.0131. The summed E-state index contributed by atoms with van der Waals surface area (Å²) >= 11 is 0. The largest absolute Gasteiger partial charge is 0.450 e. The standard InChI is InChI=1S/C11H23NO2/c1-10(2,3)7-8-14-9(13)12-11(4,5)6/h7-8H2,1-6H3,(H,12,13). The van der Waals surface area contributed by atoms with Crippen LogP contribution in [0, 0.1) is 5.41 Å². The maximum absolute atomic E-state index is 11.2. The number of nitrogens with one attached hydrogen (secondary N) is 1. The van der Waals surface area contributed by atoms with Gasteiger partial charge in [-0.3, -0.25) is 0 Å². The Labute approximate surface area is 87.2 Å².